The molecule has 20 heavy (non-hydrogen) atoms. The van der Waals surface area contributed by atoms with E-state index in [1.54, 1.807) is 39.5 Å². The second kappa shape index (κ2) is 5.69. The maximum absolute atomic E-state index is 11.7. The molecule has 0 fully saturated rings. The number of carbonyl (C=O) groups is 1. The lowest BCUT2D eigenvalue weighted by molar-refractivity contribution is 0.0600. The number of hydrogen-bond acceptors (Lipinski definition) is 5. The molecule has 0 atom stereocenters. The Morgan fingerprint density at radius 3 is 1.95 bits per heavy atom. The summed E-state index contributed by atoms with van der Waals surface area (Å²) in [5.41, 5.74) is 0.420. The first-order valence-electron chi connectivity index (χ1n) is 5.96. The zero-order chi connectivity index (χ0) is 14.7. The van der Waals surface area contributed by atoms with Crippen LogP contribution in [-0.4, -0.2) is 34.4 Å². The highest BCUT2D eigenvalue weighted by molar-refractivity contribution is 5.99. The summed E-state index contributed by atoms with van der Waals surface area (Å²) in [6.07, 6.45) is 0. The first-order valence-corrected chi connectivity index (χ1v) is 5.96. The molecule has 0 bridgehead atoms. The fourth-order valence-electron chi connectivity index (χ4n) is 2.06. The Bertz CT molecular complexity index is 648. The van der Waals surface area contributed by atoms with E-state index in [1.165, 1.54) is 7.11 Å². The summed E-state index contributed by atoms with van der Waals surface area (Å²) in [4.78, 5) is 11.7. The predicted molar refractivity (Wildman–Crippen MR) is 74.9 cm³/mol. The van der Waals surface area contributed by atoms with E-state index in [-0.39, 0.29) is 0 Å². The van der Waals surface area contributed by atoms with Crippen LogP contribution in [0.5, 0.6) is 17.2 Å². The largest absolute Gasteiger partial charge is 0.496 e. The van der Waals surface area contributed by atoms with E-state index in [0.717, 1.165) is 10.8 Å². The van der Waals surface area contributed by atoms with Gasteiger partial charge in [0, 0.05) is 5.39 Å². The van der Waals surface area contributed by atoms with E-state index in [0.29, 0.717) is 22.8 Å². The number of fused-ring (bicyclic) bond motifs is 1. The Morgan fingerprint density at radius 1 is 0.800 bits per heavy atom. The zero-order valence-corrected chi connectivity index (χ0v) is 11.9. The molecule has 2 rings (SSSR count). The second-order valence-electron chi connectivity index (χ2n) is 4.10. The zero-order valence-electron chi connectivity index (χ0n) is 11.9. The minimum atomic E-state index is -0.417. The van der Waals surface area contributed by atoms with Crippen LogP contribution in [0.2, 0.25) is 0 Å². The average Bonchev–Trinajstić information content (AvgIpc) is 2.51. The monoisotopic (exact) mass is 276 g/mol. The van der Waals surface area contributed by atoms with E-state index in [2.05, 4.69) is 0 Å². The molecule has 0 saturated heterocycles. The van der Waals surface area contributed by atoms with Crippen molar-refractivity contribution in [1.29, 1.82) is 0 Å². The van der Waals surface area contributed by atoms with Crippen molar-refractivity contribution in [1.82, 2.24) is 0 Å². The fraction of sp³-hybridized carbons (Fsp3) is 0.267. The maximum atomic E-state index is 11.7. The molecule has 0 radical (unpaired) electrons. The lowest BCUT2D eigenvalue weighted by atomic mass is 10.0. The van der Waals surface area contributed by atoms with Crippen molar-refractivity contribution in [2.45, 2.75) is 0 Å². The summed E-state index contributed by atoms with van der Waals surface area (Å²) in [6, 6.07) is 6.98. The predicted octanol–water partition coefficient (Wildman–Crippen LogP) is 2.65. The van der Waals surface area contributed by atoms with Crippen molar-refractivity contribution in [3.05, 3.63) is 29.8 Å². The van der Waals surface area contributed by atoms with Crippen LogP contribution in [-0.2, 0) is 4.74 Å². The lowest BCUT2D eigenvalue weighted by Crippen LogP contribution is -2.02. The van der Waals surface area contributed by atoms with E-state index >= 15 is 0 Å². The van der Waals surface area contributed by atoms with Crippen molar-refractivity contribution >= 4 is 16.7 Å². The number of methoxy groups -OCH3 is 4. The Labute approximate surface area is 117 Å². The third-order valence-corrected chi connectivity index (χ3v) is 3.06. The van der Waals surface area contributed by atoms with Gasteiger partial charge in [0.25, 0.3) is 0 Å². The molecule has 0 aliphatic heterocycles. The number of benzene rings is 2. The summed E-state index contributed by atoms with van der Waals surface area (Å²) in [5, 5.41) is 1.64. The molecule has 0 aliphatic rings. The average molecular weight is 276 g/mol. The van der Waals surface area contributed by atoms with Gasteiger partial charge in [0.2, 0.25) is 0 Å². The quantitative estimate of drug-likeness (QED) is 0.803. The normalized spacial score (nSPS) is 10.2. The standard InChI is InChI=1S/C15H16O5/c1-17-12-7-10(15(16)20-4)5-9-6-13(18-2)14(19-3)8-11(9)12/h5-8H,1-4H3. The van der Waals surface area contributed by atoms with Gasteiger partial charge in [0.05, 0.1) is 34.0 Å². The first-order chi connectivity index (χ1) is 9.64. The third kappa shape index (κ3) is 2.34. The van der Waals surface area contributed by atoms with Crippen molar-refractivity contribution in [2.75, 3.05) is 28.4 Å². The number of carbonyl (C=O) groups excluding carboxylic acids is 1. The lowest BCUT2D eigenvalue weighted by Gasteiger charge is -2.12. The van der Waals surface area contributed by atoms with Gasteiger partial charge in [-0.3, -0.25) is 0 Å². The molecule has 0 aromatic heterocycles. The van der Waals surface area contributed by atoms with Crippen molar-refractivity contribution in [3.63, 3.8) is 0 Å². The van der Waals surface area contributed by atoms with Gasteiger partial charge in [-0.25, -0.2) is 4.79 Å². The topological polar surface area (TPSA) is 54.0 Å². The molecule has 0 aliphatic carbocycles. The Morgan fingerprint density at radius 2 is 1.40 bits per heavy atom. The van der Waals surface area contributed by atoms with Gasteiger partial charge in [0.15, 0.2) is 11.5 Å². The molecule has 106 valence electrons. The molecule has 0 spiro atoms. The van der Waals surface area contributed by atoms with Crippen LogP contribution in [0.15, 0.2) is 24.3 Å². The highest BCUT2D eigenvalue weighted by atomic mass is 16.5. The summed E-state index contributed by atoms with van der Waals surface area (Å²) >= 11 is 0. The van der Waals surface area contributed by atoms with E-state index < -0.39 is 5.97 Å². The number of rotatable bonds is 4. The molecular weight excluding hydrogens is 260 g/mol. The Kier molecular flexibility index (Phi) is 3.98. The minimum absolute atomic E-state index is 0.417. The van der Waals surface area contributed by atoms with Gasteiger partial charge in [-0.1, -0.05) is 0 Å². The molecule has 2 aromatic rings. The number of hydrogen-bond donors (Lipinski definition) is 0. The summed E-state index contributed by atoms with van der Waals surface area (Å²) in [6.45, 7) is 0. The second-order valence-corrected chi connectivity index (χ2v) is 4.10. The van der Waals surface area contributed by atoms with E-state index in [1.807, 2.05) is 6.07 Å². The SMILES string of the molecule is COC(=O)c1cc(OC)c2cc(OC)c(OC)cc2c1. The molecule has 2 aromatic carbocycles. The number of ether oxygens (including phenoxy) is 4. The van der Waals surface area contributed by atoms with Crippen molar-refractivity contribution < 1.29 is 23.7 Å². The van der Waals surface area contributed by atoms with Crippen LogP contribution in [0.3, 0.4) is 0 Å². The summed E-state index contributed by atoms with van der Waals surface area (Å²) in [5.74, 6) is 1.34. The summed E-state index contributed by atoms with van der Waals surface area (Å²) < 4.78 is 20.6. The Hall–Kier alpha value is -2.43. The van der Waals surface area contributed by atoms with Crippen LogP contribution in [0.4, 0.5) is 0 Å². The molecule has 0 N–H and O–H groups in total. The number of esters is 1. The highest BCUT2D eigenvalue weighted by Crippen LogP contribution is 2.37. The van der Waals surface area contributed by atoms with Crippen molar-refractivity contribution in [2.24, 2.45) is 0 Å². The van der Waals surface area contributed by atoms with Gasteiger partial charge >= 0.3 is 5.97 Å². The third-order valence-electron chi connectivity index (χ3n) is 3.06. The van der Waals surface area contributed by atoms with Gasteiger partial charge in [-0.2, -0.15) is 0 Å². The van der Waals surface area contributed by atoms with Gasteiger partial charge in [0.1, 0.15) is 5.75 Å². The van der Waals surface area contributed by atoms with Gasteiger partial charge in [-0.15, -0.1) is 0 Å². The fourth-order valence-corrected chi connectivity index (χ4v) is 2.06. The molecule has 0 heterocycles. The van der Waals surface area contributed by atoms with Crippen LogP contribution >= 0.6 is 0 Å². The molecule has 0 amide bonds. The Balaban J connectivity index is 2.74. The van der Waals surface area contributed by atoms with Crippen LogP contribution in [0.25, 0.3) is 10.8 Å². The molecular formula is C15H16O5. The van der Waals surface area contributed by atoms with E-state index in [4.69, 9.17) is 18.9 Å². The molecule has 5 nitrogen and oxygen atoms in total. The van der Waals surface area contributed by atoms with Crippen LogP contribution < -0.4 is 14.2 Å². The van der Waals surface area contributed by atoms with Gasteiger partial charge < -0.3 is 18.9 Å². The van der Waals surface area contributed by atoms with Crippen LogP contribution in [0.1, 0.15) is 10.4 Å². The molecule has 5 heteroatoms. The molecule has 0 saturated carbocycles. The van der Waals surface area contributed by atoms with Crippen molar-refractivity contribution in [3.8, 4) is 17.2 Å². The summed E-state index contributed by atoms with van der Waals surface area (Å²) in [7, 11) is 6.02. The van der Waals surface area contributed by atoms with Crippen LogP contribution in [0, 0.1) is 0 Å². The first kappa shape index (κ1) is 14.0. The highest BCUT2D eigenvalue weighted by Gasteiger charge is 2.14. The maximum Gasteiger partial charge on any atom is 0.338 e. The van der Waals surface area contributed by atoms with Gasteiger partial charge in [-0.05, 0) is 29.7 Å². The molecule has 0 unspecified atom stereocenters. The smallest absolute Gasteiger partial charge is 0.338 e. The minimum Gasteiger partial charge on any atom is -0.496 e. The van der Waals surface area contributed by atoms with E-state index in [9.17, 15) is 4.79 Å².